The molecule has 0 fully saturated rings. The van der Waals surface area contributed by atoms with Crippen molar-refractivity contribution in [3.05, 3.63) is 52.0 Å². The molecule has 3 rings (SSSR count). The summed E-state index contributed by atoms with van der Waals surface area (Å²) in [6.45, 7) is 5.83. The van der Waals surface area contributed by atoms with Crippen molar-refractivity contribution in [2.24, 2.45) is 0 Å². The highest BCUT2D eigenvalue weighted by atomic mass is 16.3. The number of rotatable bonds is 0. The number of aryl methyl sites for hydroxylation is 1. The largest absolute Gasteiger partial charge is 0.508 e. The second kappa shape index (κ2) is 3.48. The van der Waals surface area contributed by atoms with Crippen LogP contribution in [0.15, 0.2) is 22.8 Å². The number of ketones is 1. The first kappa shape index (κ1) is 11.1. The second-order valence-electron chi connectivity index (χ2n) is 4.88. The van der Waals surface area contributed by atoms with Crippen molar-refractivity contribution in [1.29, 1.82) is 0 Å². The molecule has 0 saturated carbocycles. The zero-order chi connectivity index (χ0) is 13.0. The molecule has 2 aromatic rings. The number of hydrogen-bond donors (Lipinski definition) is 1. The van der Waals surface area contributed by atoms with Crippen LogP contribution in [0.5, 0.6) is 5.75 Å². The summed E-state index contributed by atoms with van der Waals surface area (Å²) < 4.78 is 5.38. The van der Waals surface area contributed by atoms with E-state index in [9.17, 15) is 9.90 Å². The minimum atomic E-state index is -0.0886. The molecule has 1 aromatic heterocycles. The predicted octanol–water partition coefficient (Wildman–Crippen LogP) is 3.30. The third kappa shape index (κ3) is 1.22. The highest BCUT2D eigenvalue weighted by Crippen LogP contribution is 2.42. The van der Waals surface area contributed by atoms with Gasteiger partial charge in [-0.25, -0.2) is 0 Å². The first-order valence-corrected chi connectivity index (χ1v) is 5.97. The summed E-state index contributed by atoms with van der Waals surface area (Å²) in [5, 5.41) is 9.81. The third-order valence-corrected chi connectivity index (χ3v) is 3.83. The highest BCUT2D eigenvalue weighted by molar-refractivity contribution is 6.11. The van der Waals surface area contributed by atoms with E-state index >= 15 is 0 Å². The van der Waals surface area contributed by atoms with Gasteiger partial charge in [-0.05, 0) is 42.7 Å². The van der Waals surface area contributed by atoms with Gasteiger partial charge in [0.2, 0.25) is 5.78 Å². The van der Waals surface area contributed by atoms with Crippen LogP contribution in [0.4, 0.5) is 0 Å². The van der Waals surface area contributed by atoms with E-state index in [2.05, 4.69) is 0 Å². The molecule has 0 radical (unpaired) electrons. The maximum absolute atomic E-state index is 12.4. The average molecular weight is 242 g/mol. The van der Waals surface area contributed by atoms with Crippen LogP contribution in [0, 0.1) is 13.8 Å². The van der Waals surface area contributed by atoms with Gasteiger partial charge in [0.15, 0.2) is 5.76 Å². The smallest absolute Gasteiger partial charge is 0.228 e. The van der Waals surface area contributed by atoms with E-state index in [1.54, 1.807) is 18.4 Å². The fourth-order valence-electron chi connectivity index (χ4n) is 2.91. The highest BCUT2D eigenvalue weighted by Gasteiger charge is 2.34. The first-order chi connectivity index (χ1) is 8.52. The normalized spacial score (nSPS) is 17.5. The Balaban J connectivity index is 2.35. The molecule has 0 aliphatic heterocycles. The lowest BCUT2D eigenvalue weighted by atomic mass is 9.78. The standard InChI is InChI=1S/C15H14O3/c1-7-6-18-15-12(7)9(3)13-8(2)11(16)5-4-10(13)14(15)17/h4-6,9,16H,1-3H3/t9-/m1/s1. The molecular formula is C15H14O3. The topological polar surface area (TPSA) is 50.4 Å². The summed E-state index contributed by atoms with van der Waals surface area (Å²) in [7, 11) is 0. The monoisotopic (exact) mass is 242 g/mol. The van der Waals surface area contributed by atoms with E-state index in [-0.39, 0.29) is 17.5 Å². The molecule has 0 bridgehead atoms. The molecule has 1 aromatic carbocycles. The molecule has 3 nitrogen and oxygen atoms in total. The summed E-state index contributed by atoms with van der Waals surface area (Å²) in [5.74, 6) is 0.656. The Hall–Kier alpha value is -2.03. The summed E-state index contributed by atoms with van der Waals surface area (Å²) in [4.78, 5) is 12.4. The molecule has 1 heterocycles. The Morgan fingerprint density at radius 2 is 1.94 bits per heavy atom. The van der Waals surface area contributed by atoms with Gasteiger partial charge >= 0.3 is 0 Å². The van der Waals surface area contributed by atoms with Gasteiger partial charge in [0.25, 0.3) is 0 Å². The van der Waals surface area contributed by atoms with Crippen LogP contribution in [0.2, 0.25) is 0 Å². The molecule has 3 heteroatoms. The molecule has 1 N–H and O–H groups in total. The van der Waals surface area contributed by atoms with Crippen molar-refractivity contribution >= 4 is 5.78 Å². The fourth-order valence-corrected chi connectivity index (χ4v) is 2.91. The van der Waals surface area contributed by atoms with Crippen LogP contribution in [0.25, 0.3) is 0 Å². The van der Waals surface area contributed by atoms with Crippen molar-refractivity contribution in [3.8, 4) is 5.75 Å². The van der Waals surface area contributed by atoms with Crippen molar-refractivity contribution in [1.82, 2.24) is 0 Å². The quantitative estimate of drug-likeness (QED) is 0.771. The minimum absolute atomic E-state index is 0.0681. The van der Waals surface area contributed by atoms with Gasteiger partial charge in [0.05, 0.1) is 6.26 Å². The lowest BCUT2D eigenvalue weighted by molar-refractivity contribution is 0.100. The van der Waals surface area contributed by atoms with E-state index in [0.29, 0.717) is 11.3 Å². The van der Waals surface area contributed by atoms with Crippen LogP contribution in [0.1, 0.15) is 51.2 Å². The molecule has 1 aliphatic carbocycles. The lowest BCUT2D eigenvalue weighted by Crippen LogP contribution is -2.18. The van der Waals surface area contributed by atoms with Gasteiger partial charge in [0.1, 0.15) is 5.75 Å². The van der Waals surface area contributed by atoms with Crippen molar-refractivity contribution < 1.29 is 14.3 Å². The molecule has 1 atom stereocenters. The molecule has 0 unspecified atom stereocenters. The zero-order valence-electron chi connectivity index (χ0n) is 10.6. The van der Waals surface area contributed by atoms with Crippen molar-refractivity contribution in [3.63, 3.8) is 0 Å². The number of fused-ring (bicyclic) bond motifs is 2. The molecule has 1 aliphatic rings. The lowest BCUT2D eigenvalue weighted by Gasteiger charge is -2.24. The van der Waals surface area contributed by atoms with Gasteiger partial charge in [0, 0.05) is 17.0 Å². The molecule has 92 valence electrons. The van der Waals surface area contributed by atoms with E-state index in [1.807, 2.05) is 20.8 Å². The number of benzene rings is 1. The Morgan fingerprint density at radius 3 is 2.67 bits per heavy atom. The van der Waals surface area contributed by atoms with E-state index in [4.69, 9.17) is 4.42 Å². The maximum Gasteiger partial charge on any atom is 0.228 e. The van der Waals surface area contributed by atoms with Gasteiger partial charge in [-0.1, -0.05) is 6.92 Å². The van der Waals surface area contributed by atoms with Crippen LogP contribution >= 0.6 is 0 Å². The maximum atomic E-state index is 12.4. The summed E-state index contributed by atoms with van der Waals surface area (Å²) in [5.41, 5.74) is 4.26. The van der Waals surface area contributed by atoms with E-state index in [0.717, 1.165) is 22.3 Å². The SMILES string of the molecule is Cc1coc2c1[C@@H](C)c1c(ccc(O)c1C)C2=O. The zero-order valence-corrected chi connectivity index (χ0v) is 10.6. The van der Waals surface area contributed by atoms with E-state index in [1.165, 1.54) is 0 Å². The van der Waals surface area contributed by atoms with Crippen LogP contribution in [0.3, 0.4) is 0 Å². The molecular weight excluding hydrogens is 228 g/mol. The van der Waals surface area contributed by atoms with Crippen LogP contribution < -0.4 is 0 Å². The Kier molecular flexibility index (Phi) is 2.14. The minimum Gasteiger partial charge on any atom is -0.508 e. The Morgan fingerprint density at radius 1 is 1.22 bits per heavy atom. The Bertz CT molecular complexity index is 665. The number of hydrogen-bond acceptors (Lipinski definition) is 3. The van der Waals surface area contributed by atoms with Gasteiger partial charge in [-0.15, -0.1) is 0 Å². The number of furan rings is 1. The number of carbonyl (C=O) groups is 1. The summed E-state index contributed by atoms with van der Waals surface area (Å²) in [6.07, 6.45) is 1.63. The van der Waals surface area contributed by atoms with Crippen LogP contribution in [-0.2, 0) is 0 Å². The first-order valence-electron chi connectivity index (χ1n) is 5.97. The number of carbonyl (C=O) groups excluding carboxylic acids is 1. The number of aromatic hydroxyl groups is 1. The molecule has 0 amide bonds. The molecule has 0 saturated heterocycles. The van der Waals surface area contributed by atoms with Crippen LogP contribution in [-0.4, -0.2) is 10.9 Å². The molecule has 0 spiro atoms. The number of phenolic OH excluding ortho intramolecular Hbond substituents is 1. The third-order valence-electron chi connectivity index (χ3n) is 3.83. The van der Waals surface area contributed by atoms with Gasteiger partial charge in [-0.2, -0.15) is 0 Å². The van der Waals surface area contributed by atoms with Gasteiger partial charge < -0.3 is 9.52 Å². The summed E-state index contributed by atoms with van der Waals surface area (Å²) in [6, 6.07) is 3.25. The summed E-state index contributed by atoms with van der Waals surface area (Å²) >= 11 is 0. The molecule has 18 heavy (non-hydrogen) atoms. The predicted molar refractivity (Wildman–Crippen MR) is 67.2 cm³/mol. The average Bonchev–Trinajstić information content (AvgIpc) is 2.72. The fraction of sp³-hybridized carbons (Fsp3) is 0.267. The van der Waals surface area contributed by atoms with E-state index < -0.39 is 0 Å². The van der Waals surface area contributed by atoms with Gasteiger partial charge in [-0.3, -0.25) is 4.79 Å². The number of phenols is 1. The van der Waals surface area contributed by atoms with Crippen molar-refractivity contribution in [2.75, 3.05) is 0 Å². The van der Waals surface area contributed by atoms with Crippen molar-refractivity contribution in [2.45, 2.75) is 26.7 Å². The Labute approximate surface area is 105 Å². The second-order valence-corrected chi connectivity index (χ2v) is 4.88.